The number of Topliss-reactive ketones (excluding diaryl/α,β-unsaturated/α-hetero) is 1. The topological polar surface area (TPSA) is 42.3 Å². The first-order valence-electron chi connectivity index (χ1n) is 9.29. The Morgan fingerprint density at radius 1 is 1.14 bits per heavy atom. The molecular weight excluding hydrogens is 443 g/mol. The van der Waals surface area contributed by atoms with Crippen LogP contribution in [0.25, 0.3) is 10.2 Å². The summed E-state index contributed by atoms with van der Waals surface area (Å²) in [5.74, 6) is 0.112. The molecule has 1 saturated heterocycles. The number of hydrogen-bond acceptors (Lipinski definition) is 4. The number of piperidine rings is 1. The molecule has 146 valence electrons. The van der Waals surface area contributed by atoms with Gasteiger partial charge in [-0.15, -0.1) is 0 Å². The van der Waals surface area contributed by atoms with Crippen molar-refractivity contribution in [2.24, 2.45) is 5.92 Å². The monoisotopic (exact) mass is 462 g/mol. The fraction of sp³-hybridized carbons (Fsp3) is 0.333. The van der Waals surface area contributed by atoms with Crippen molar-refractivity contribution in [3.8, 4) is 0 Å². The molecule has 0 N–H and O–H groups in total. The average Bonchev–Trinajstić information content (AvgIpc) is 2.98. The Balaban J connectivity index is 1.36. The van der Waals surface area contributed by atoms with E-state index in [0.29, 0.717) is 18.0 Å². The maximum Gasteiger partial charge on any atom is 0.308 e. The van der Waals surface area contributed by atoms with Crippen molar-refractivity contribution in [1.82, 2.24) is 9.47 Å². The summed E-state index contributed by atoms with van der Waals surface area (Å²) in [6, 6.07) is 11.7. The van der Waals surface area contributed by atoms with Crippen LogP contribution < -0.4 is 4.87 Å². The molecule has 0 amide bonds. The third kappa shape index (κ3) is 4.26. The van der Waals surface area contributed by atoms with E-state index in [2.05, 4.69) is 20.8 Å². The quantitative estimate of drug-likeness (QED) is 0.521. The van der Waals surface area contributed by atoms with Gasteiger partial charge < -0.3 is 0 Å². The maximum atomic E-state index is 13.0. The van der Waals surface area contributed by atoms with E-state index < -0.39 is 0 Å². The zero-order valence-corrected chi connectivity index (χ0v) is 17.6. The van der Waals surface area contributed by atoms with Crippen molar-refractivity contribution in [3.05, 3.63) is 68.0 Å². The van der Waals surface area contributed by atoms with Gasteiger partial charge in [0.15, 0.2) is 5.78 Å². The minimum absolute atomic E-state index is 0.0177. The molecule has 1 aromatic heterocycles. The van der Waals surface area contributed by atoms with Crippen LogP contribution in [0.5, 0.6) is 0 Å². The predicted octanol–water partition coefficient (Wildman–Crippen LogP) is 4.56. The number of rotatable bonds is 5. The second-order valence-corrected chi connectivity index (χ2v) is 9.15. The summed E-state index contributed by atoms with van der Waals surface area (Å²) in [4.78, 5) is 27.0. The number of carbonyl (C=O) groups is 1. The highest BCUT2D eigenvalue weighted by Gasteiger charge is 2.23. The molecular formula is C21H20BrFN2O2S. The fourth-order valence-corrected chi connectivity index (χ4v) is 5.18. The van der Waals surface area contributed by atoms with Gasteiger partial charge in [-0.05, 0) is 74.3 Å². The predicted molar refractivity (Wildman–Crippen MR) is 114 cm³/mol. The van der Waals surface area contributed by atoms with E-state index in [0.717, 1.165) is 47.2 Å². The highest BCUT2D eigenvalue weighted by molar-refractivity contribution is 9.10. The third-order valence-corrected chi connectivity index (χ3v) is 6.75. The van der Waals surface area contributed by atoms with E-state index in [1.165, 1.54) is 35.6 Å². The highest BCUT2D eigenvalue weighted by atomic mass is 79.9. The summed E-state index contributed by atoms with van der Waals surface area (Å²) in [6.45, 7) is 2.74. The number of benzene rings is 2. The second-order valence-electron chi connectivity index (χ2n) is 7.24. The number of likely N-dealkylation sites (tertiary alicyclic amines) is 1. The van der Waals surface area contributed by atoms with Crippen LogP contribution in [0, 0.1) is 11.7 Å². The maximum absolute atomic E-state index is 13.0. The van der Waals surface area contributed by atoms with Crippen LogP contribution in [-0.4, -0.2) is 34.9 Å². The third-order valence-electron chi connectivity index (χ3n) is 5.31. The van der Waals surface area contributed by atoms with Crippen LogP contribution in [0.3, 0.4) is 0 Å². The molecule has 1 aliphatic heterocycles. The van der Waals surface area contributed by atoms with Crippen molar-refractivity contribution in [2.45, 2.75) is 19.4 Å². The van der Waals surface area contributed by atoms with Gasteiger partial charge in [0.2, 0.25) is 0 Å². The van der Waals surface area contributed by atoms with Gasteiger partial charge in [-0.25, -0.2) is 4.39 Å². The molecule has 0 radical (unpaired) electrons. The molecule has 28 heavy (non-hydrogen) atoms. The molecule has 7 heteroatoms. The van der Waals surface area contributed by atoms with E-state index in [-0.39, 0.29) is 16.5 Å². The smallest absolute Gasteiger partial charge is 0.298 e. The lowest BCUT2D eigenvalue weighted by Crippen LogP contribution is -2.38. The lowest BCUT2D eigenvalue weighted by Gasteiger charge is -2.31. The largest absolute Gasteiger partial charge is 0.308 e. The molecule has 4 rings (SSSR count). The van der Waals surface area contributed by atoms with E-state index in [4.69, 9.17) is 0 Å². The summed E-state index contributed by atoms with van der Waals surface area (Å²) < 4.78 is 16.9. The number of thiazole rings is 1. The Hall–Kier alpha value is -1.83. The van der Waals surface area contributed by atoms with E-state index in [9.17, 15) is 14.0 Å². The molecule has 4 nitrogen and oxygen atoms in total. The summed E-state index contributed by atoms with van der Waals surface area (Å²) in [5.41, 5.74) is 1.54. The number of hydrogen-bond donors (Lipinski definition) is 0. The fourth-order valence-electron chi connectivity index (χ4n) is 3.73. The van der Waals surface area contributed by atoms with Gasteiger partial charge >= 0.3 is 4.87 Å². The van der Waals surface area contributed by atoms with Crippen LogP contribution in [0.1, 0.15) is 23.2 Å². The Kier molecular flexibility index (Phi) is 5.75. The number of fused-ring (bicyclic) bond motifs is 1. The van der Waals surface area contributed by atoms with Crippen molar-refractivity contribution in [2.75, 3.05) is 19.6 Å². The number of nitrogens with zero attached hydrogens (tertiary/aromatic N) is 2. The number of aromatic nitrogens is 1. The van der Waals surface area contributed by atoms with Gasteiger partial charge in [-0.1, -0.05) is 27.3 Å². The summed E-state index contributed by atoms with van der Waals surface area (Å²) in [5, 5.41) is 0. The van der Waals surface area contributed by atoms with Crippen molar-refractivity contribution in [1.29, 1.82) is 0 Å². The number of halogens is 2. The van der Waals surface area contributed by atoms with Gasteiger partial charge in [0.05, 0.1) is 16.8 Å². The van der Waals surface area contributed by atoms with E-state index in [1.807, 2.05) is 22.8 Å². The van der Waals surface area contributed by atoms with E-state index >= 15 is 0 Å². The minimum atomic E-state index is -0.332. The molecule has 1 fully saturated rings. The molecule has 2 heterocycles. The molecule has 0 saturated carbocycles. The molecule has 1 aliphatic rings. The summed E-state index contributed by atoms with van der Waals surface area (Å²) in [6.07, 6.45) is 1.91. The Labute approximate surface area is 174 Å². The SMILES string of the molecule is O=C(CN1CCC(Cn2c(=O)sc3cc(Br)ccc32)CC1)c1ccc(F)cc1. The van der Waals surface area contributed by atoms with Crippen molar-refractivity contribution < 1.29 is 9.18 Å². The zero-order chi connectivity index (χ0) is 19.7. The van der Waals surface area contributed by atoms with Crippen LogP contribution in [0.2, 0.25) is 0 Å². The molecule has 0 bridgehead atoms. The first-order chi connectivity index (χ1) is 13.5. The molecule has 0 atom stereocenters. The first-order valence-corrected chi connectivity index (χ1v) is 10.9. The van der Waals surface area contributed by atoms with Crippen LogP contribution in [-0.2, 0) is 6.54 Å². The van der Waals surface area contributed by atoms with Crippen LogP contribution in [0.15, 0.2) is 51.7 Å². The van der Waals surface area contributed by atoms with Crippen molar-refractivity contribution >= 4 is 43.3 Å². The Bertz CT molecular complexity index is 1050. The summed E-state index contributed by atoms with van der Waals surface area (Å²) in [7, 11) is 0. The first kappa shape index (κ1) is 19.5. The van der Waals surface area contributed by atoms with Gasteiger partial charge in [0.1, 0.15) is 5.82 Å². The lowest BCUT2D eigenvalue weighted by molar-refractivity contribution is 0.0890. The van der Waals surface area contributed by atoms with Crippen LogP contribution in [0.4, 0.5) is 4.39 Å². The van der Waals surface area contributed by atoms with Crippen LogP contribution >= 0.6 is 27.3 Å². The molecule has 0 spiro atoms. The number of carbonyl (C=O) groups excluding carboxylic acids is 1. The van der Waals surface area contributed by atoms with E-state index in [1.54, 1.807) is 0 Å². The zero-order valence-electron chi connectivity index (χ0n) is 15.2. The lowest BCUT2D eigenvalue weighted by atomic mass is 9.96. The highest BCUT2D eigenvalue weighted by Crippen LogP contribution is 2.25. The molecule has 0 unspecified atom stereocenters. The standard InChI is InChI=1S/C21H20BrFN2O2S/c22-16-3-6-18-20(11-16)28-21(27)25(18)12-14-7-9-24(10-8-14)13-19(26)15-1-4-17(23)5-2-15/h1-6,11,14H,7-10,12-13H2. The Morgan fingerprint density at radius 3 is 2.57 bits per heavy atom. The molecule has 2 aromatic carbocycles. The van der Waals surface area contributed by atoms with Gasteiger partial charge in [-0.2, -0.15) is 0 Å². The van der Waals surface area contributed by atoms with Gasteiger partial charge in [0, 0.05) is 16.6 Å². The Morgan fingerprint density at radius 2 is 1.86 bits per heavy atom. The van der Waals surface area contributed by atoms with Crippen molar-refractivity contribution in [3.63, 3.8) is 0 Å². The second kappa shape index (κ2) is 8.27. The van der Waals surface area contributed by atoms with Gasteiger partial charge in [0.25, 0.3) is 0 Å². The van der Waals surface area contributed by atoms with Gasteiger partial charge in [-0.3, -0.25) is 19.1 Å². The molecule has 3 aromatic rings. The summed E-state index contributed by atoms with van der Waals surface area (Å²) >= 11 is 4.74. The number of ketones is 1. The average molecular weight is 463 g/mol. The molecule has 0 aliphatic carbocycles. The normalized spacial score (nSPS) is 15.9. The minimum Gasteiger partial charge on any atom is -0.298 e.